The summed E-state index contributed by atoms with van der Waals surface area (Å²) in [4.78, 5) is 59.6. The molecule has 0 radical (unpaired) electrons. The molecule has 302 valence electrons. The summed E-state index contributed by atoms with van der Waals surface area (Å²) in [6, 6.07) is -1.50. The SMILES string of the molecule is CCCCCCCCCCCC(=O)N[C@@H](CCCN=C(N)N)C(=O)NCCNC(=O)[C@H](CCCN=C(N)N)NC(=O)CCCCCCCCCCC. The van der Waals surface area contributed by atoms with Gasteiger partial charge in [-0.1, -0.05) is 117 Å². The van der Waals surface area contributed by atoms with Gasteiger partial charge >= 0.3 is 0 Å². The van der Waals surface area contributed by atoms with Crippen LogP contribution in [0.3, 0.4) is 0 Å². The zero-order chi connectivity index (χ0) is 38.7. The lowest BCUT2D eigenvalue weighted by molar-refractivity contribution is -0.129. The van der Waals surface area contributed by atoms with Gasteiger partial charge < -0.3 is 44.2 Å². The Bertz CT molecular complexity index is 922. The molecule has 14 nitrogen and oxygen atoms in total. The third kappa shape index (κ3) is 31.2. The maximum atomic E-state index is 13.1. The molecular weight excluding hydrogens is 660 g/mol. The van der Waals surface area contributed by atoms with E-state index in [9.17, 15) is 19.2 Å². The van der Waals surface area contributed by atoms with Gasteiger partial charge in [-0.25, -0.2) is 0 Å². The highest BCUT2D eigenvalue weighted by molar-refractivity contribution is 5.88. The molecule has 2 atom stereocenters. The van der Waals surface area contributed by atoms with Crippen LogP contribution >= 0.6 is 0 Å². The number of unbranched alkanes of at least 4 members (excludes halogenated alkanes) is 16. The van der Waals surface area contributed by atoms with E-state index in [-0.39, 0.29) is 48.6 Å². The third-order valence-corrected chi connectivity index (χ3v) is 8.93. The van der Waals surface area contributed by atoms with Crippen LogP contribution in [0.4, 0.5) is 0 Å². The van der Waals surface area contributed by atoms with E-state index < -0.39 is 12.1 Å². The quantitative estimate of drug-likeness (QED) is 0.0266. The number of rotatable bonds is 35. The molecule has 0 aliphatic heterocycles. The van der Waals surface area contributed by atoms with E-state index >= 15 is 0 Å². The van der Waals surface area contributed by atoms with Crippen molar-refractivity contribution in [3.05, 3.63) is 0 Å². The monoisotopic (exact) mass is 737 g/mol. The molecule has 0 unspecified atom stereocenters. The summed E-state index contributed by atoms with van der Waals surface area (Å²) in [5.41, 5.74) is 21.7. The molecule has 0 bridgehead atoms. The number of nitrogens with two attached hydrogens (primary N) is 4. The van der Waals surface area contributed by atoms with E-state index in [4.69, 9.17) is 22.9 Å². The summed E-state index contributed by atoms with van der Waals surface area (Å²) >= 11 is 0. The number of hydrogen-bond acceptors (Lipinski definition) is 6. The van der Waals surface area contributed by atoms with E-state index in [0.29, 0.717) is 51.6 Å². The van der Waals surface area contributed by atoms with Gasteiger partial charge in [0.05, 0.1) is 0 Å². The van der Waals surface area contributed by atoms with Crippen LogP contribution in [0.1, 0.15) is 168 Å². The first-order valence-electron chi connectivity index (χ1n) is 20.4. The molecule has 0 aromatic carbocycles. The first-order valence-corrected chi connectivity index (χ1v) is 20.4. The van der Waals surface area contributed by atoms with Crippen molar-refractivity contribution in [3.63, 3.8) is 0 Å². The average molecular weight is 737 g/mol. The maximum Gasteiger partial charge on any atom is 0.242 e. The molecule has 0 aromatic heterocycles. The second-order valence-electron chi connectivity index (χ2n) is 13.9. The van der Waals surface area contributed by atoms with Gasteiger partial charge in [0.2, 0.25) is 23.6 Å². The third-order valence-electron chi connectivity index (χ3n) is 8.93. The lowest BCUT2D eigenvalue weighted by Crippen LogP contribution is -2.50. The molecule has 0 aliphatic carbocycles. The van der Waals surface area contributed by atoms with E-state index in [0.717, 1.165) is 38.5 Å². The minimum atomic E-state index is -0.750. The van der Waals surface area contributed by atoms with Gasteiger partial charge in [-0.05, 0) is 38.5 Å². The summed E-state index contributed by atoms with van der Waals surface area (Å²) in [7, 11) is 0. The van der Waals surface area contributed by atoms with Crippen molar-refractivity contribution in [2.24, 2.45) is 32.9 Å². The molecule has 0 saturated heterocycles. The van der Waals surface area contributed by atoms with Crippen LogP contribution in [0.25, 0.3) is 0 Å². The molecule has 14 heteroatoms. The van der Waals surface area contributed by atoms with Gasteiger partial charge in [0, 0.05) is 39.0 Å². The molecule has 52 heavy (non-hydrogen) atoms. The van der Waals surface area contributed by atoms with Crippen molar-refractivity contribution in [3.8, 4) is 0 Å². The van der Waals surface area contributed by atoms with Crippen LogP contribution in [0, 0.1) is 0 Å². The standard InChI is InChI=1S/C38H76N10O4/c1-3-5-7-9-11-13-15-17-19-25-33(49)47-31(23-21-27-45-37(39)40)35(51)43-29-30-44-36(52)32(24-22-28-46-38(41)42)48-34(50)26-20-18-16-14-12-10-8-6-4-2/h31-32H,3-30H2,1-2H3,(H,43,51)(H,44,52)(H,47,49)(H,48,50)(H4,39,40,45)(H4,41,42,46)/t31-,32-/m0/s1. The predicted octanol–water partition coefficient (Wildman–Crippen LogP) is 4.14. The second-order valence-corrected chi connectivity index (χ2v) is 13.9. The molecule has 0 heterocycles. The van der Waals surface area contributed by atoms with E-state index in [1.54, 1.807) is 0 Å². The van der Waals surface area contributed by atoms with Crippen molar-refractivity contribution in [2.45, 2.75) is 180 Å². The van der Waals surface area contributed by atoms with Crippen LogP contribution in [-0.2, 0) is 19.2 Å². The Hall–Kier alpha value is -3.58. The van der Waals surface area contributed by atoms with Crippen molar-refractivity contribution in [1.29, 1.82) is 0 Å². The fraction of sp³-hybridized carbons (Fsp3) is 0.842. The van der Waals surface area contributed by atoms with Gasteiger partial charge in [0.1, 0.15) is 12.1 Å². The molecule has 12 N–H and O–H groups in total. The summed E-state index contributed by atoms with van der Waals surface area (Å²) in [5.74, 6) is -1.08. The summed E-state index contributed by atoms with van der Waals surface area (Å²) in [5, 5.41) is 11.4. The van der Waals surface area contributed by atoms with Gasteiger partial charge in [0.25, 0.3) is 0 Å². The maximum absolute atomic E-state index is 13.1. The largest absolute Gasteiger partial charge is 0.370 e. The zero-order valence-electron chi connectivity index (χ0n) is 32.8. The van der Waals surface area contributed by atoms with Gasteiger partial charge in [-0.3, -0.25) is 29.2 Å². The number of amides is 4. The fourth-order valence-electron chi connectivity index (χ4n) is 5.89. The van der Waals surface area contributed by atoms with Crippen LogP contribution in [0.5, 0.6) is 0 Å². The Morgan fingerprint density at radius 3 is 1.08 bits per heavy atom. The molecule has 0 saturated carbocycles. The van der Waals surface area contributed by atoms with E-state index in [1.807, 2.05) is 0 Å². The number of guanidine groups is 2. The number of nitrogens with zero attached hydrogens (tertiary/aromatic N) is 2. The highest BCUT2D eigenvalue weighted by atomic mass is 16.2. The minimum Gasteiger partial charge on any atom is -0.370 e. The summed E-state index contributed by atoms with van der Waals surface area (Å²) in [6.45, 7) is 5.40. The zero-order valence-corrected chi connectivity index (χ0v) is 32.8. The lowest BCUT2D eigenvalue weighted by atomic mass is 10.1. The second kappa shape index (κ2) is 34.5. The van der Waals surface area contributed by atoms with Crippen molar-refractivity contribution in [1.82, 2.24) is 21.3 Å². The Balaban J connectivity index is 4.83. The van der Waals surface area contributed by atoms with Gasteiger partial charge in [0.15, 0.2) is 11.9 Å². The summed E-state index contributed by atoms with van der Waals surface area (Å²) in [6.07, 6.45) is 23.2. The summed E-state index contributed by atoms with van der Waals surface area (Å²) < 4.78 is 0. The number of carbonyl (C=O) groups is 4. The molecule has 0 spiro atoms. The molecule has 0 fully saturated rings. The minimum absolute atomic E-state index is 0.0274. The van der Waals surface area contributed by atoms with Crippen molar-refractivity contribution < 1.29 is 19.2 Å². The van der Waals surface area contributed by atoms with Crippen molar-refractivity contribution >= 4 is 35.5 Å². The topological polar surface area (TPSA) is 245 Å². The van der Waals surface area contributed by atoms with Crippen molar-refractivity contribution in [2.75, 3.05) is 26.2 Å². The van der Waals surface area contributed by atoms with Gasteiger partial charge in [-0.15, -0.1) is 0 Å². The first kappa shape index (κ1) is 48.4. The van der Waals surface area contributed by atoms with Crippen LogP contribution < -0.4 is 44.2 Å². The molecule has 0 rings (SSSR count). The molecular formula is C38H76N10O4. The normalized spacial score (nSPS) is 12.0. The number of carbonyl (C=O) groups excluding carboxylic acids is 4. The number of aliphatic imine (C=N–C) groups is 2. The van der Waals surface area contributed by atoms with Crippen LogP contribution in [0.2, 0.25) is 0 Å². The molecule has 0 aliphatic rings. The Labute approximate surface area is 314 Å². The van der Waals surface area contributed by atoms with E-state index in [1.165, 1.54) is 77.0 Å². The Morgan fingerprint density at radius 2 is 0.769 bits per heavy atom. The molecule has 4 amide bonds. The van der Waals surface area contributed by atoms with E-state index in [2.05, 4.69) is 45.1 Å². The lowest BCUT2D eigenvalue weighted by Gasteiger charge is -2.20. The smallest absolute Gasteiger partial charge is 0.242 e. The Morgan fingerprint density at radius 1 is 0.462 bits per heavy atom. The van der Waals surface area contributed by atoms with Gasteiger partial charge in [-0.2, -0.15) is 0 Å². The fourth-order valence-corrected chi connectivity index (χ4v) is 5.89. The van der Waals surface area contributed by atoms with Crippen LogP contribution in [-0.4, -0.2) is 73.8 Å². The molecule has 0 aromatic rings. The predicted molar refractivity (Wildman–Crippen MR) is 213 cm³/mol. The van der Waals surface area contributed by atoms with Crippen LogP contribution in [0.15, 0.2) is 9.98 Å². The number of hydrogen-bond donors (Lipinski definition) is 8. The number of nitrogens with one attached hydrogen (secondary N) is 4. The average Bonchev–Trinajstić information content (AvgIpc) is 3.10. The Kier molecular flexibility index (Phi) is 32.1. The highest BCUT2D eigenvalue weighted by Crippen LogP contribution is 2.12. The first-order chi connectivity index (χ1) is 25.1. The highest BCUT2D eigenvalue weighted by Gasteiger charge is 2.22.